The topological polar surface area (TPSA) is 13.0 Å². The molecule has 0 saturated carbocycles. The van der Waals surface area contributed by atoms with Gasteiger partial charge in [0.1, 0.15) is 0 Å². The van der Waals surface area contributed by atoms with E-state index in [0.29, 0.717) is 0 Å². The Morgan fingerprint density at radius 2 is 0.706 bits per heavy atom. The predicted molar refractivity (Wildman–Crippen MR) is 75.7 cm³/mol. The van der Waals surface area contributed by atoms with Crippen LogP contribution in [0, 0.1) is 0 Å². The third kappa shape index (κ3) is 1.37. The first-order valence-electron chi connectivity index (χ1n) is 6.59. The SMILES string of the molecule is C[CH2][Ti]([CH2]C)([N](C)C)([N](C)C)([N](C)C)[N](C)C. The first-order chi connectivity index (χ1) is 7.55. The number of rotatable bonds is 6. The van der Waals surface area contributed by atoms with E-state index >= 15 is 0 Å². The van der Waals surface area contributed by atoms with Crippen LogP contribution in [0.4, 0.5) is 0 Å². The fourth-order valence-electron chi connectivity index (χ4n) is 5.18. The summed E-state index contributed by atoms with van der Waals surface area (Å²) in [4.78, 5) is 0. The second-order valence-corrected chi connectivity index (χ2v) is 20.8. The molecule has 0 radical (unpaired) electrons. The van der Waals surface area contributed by atoms with E-state index in [1.165, 1.54) is 0 Å². The maximum atomic E-state index is 2.53. The second kappa shape index (κ2) is 4.59. The van der Waals surface area contributed by atoms with Crippen molar-refractivity contribution in [3.8, 4) is 0 Å². The minimum atomic E-state index is -3.77. The van der Waals surface area contributed by atoms with E-state index in [1.54, 1.807) is 0 Å². The fourth-order valence-corrected chi connectivity index (χ4v) is 21.4. The first-order valence-corrected chi connectivity index (χ1v) is 11.6. The van der Waals surface area contributed by atoms with Crippen LogP contribution < -0.4 is 0 Å². The van der Waals surface area contributed by atoms with Crippen LogP contribution >= 0.6 is 0 Å². The molecule has 0 aliphatic carbocycles. The van der Waals surface area contributed by atoms with Gasteiger partial charge in [-0.1, -0.05) is 0 Å². The molecule has 0 aromatic heterocycles. The molecule has 0 spiro atoms. The van der Waals surface area contributed by atoms with Gasteiger partial charge in [0.15, 0.2) is 0 Å². The van der Waals surface area contributed by atoms with Gasteiger partial charge in [0.05, 0.1) is 0 Å². The molecule has 5 heteroatoms. The Bertz CT molecular complexity index is 227. The molecule has 0 rings (SSSR count). The Kier molecular flexibility index (Phi) is 4.73. The molecule has 0 atom stereocenters. The van der Waals surface area contributed by atoms with E-state index in [4.69, 9.17) is 0 Å². The molecule has 4 nitrogen and oxygen atoms in total. The number of nitrogens with zero attached hydrogens (tertiary/aromatic N) is 4. The molecule has 17 heavy (non-hydrogen) atoms. The van der Waals surface area contributed by atoms with Crippen molar-refractivity contribution >= 4 is 0 Å². The molecular weight excluding hydrogens is 248 g/mol. The van der Waals surface area contributed by atoms with Gasteiger partial charge in [-0.05, 0) is 0 Å². The molecule has 0 N–H and O–H groups in total. The Morgan fingerprint density at radius 1 is 0.529 bits per heavy atom. The monoisotopic (exact) mass is 282 g/mol. The average Bonchev–Trinajstić information content (AvgIpc) is 2.20. The number of hydrogen-bond donors (Lipinski definition) is 0. The molecule has 0 saturated heterocycles. The van der Waals surface area contributed by atoms with Crippen LogP contribution in [0.3, 0.4) is 0 Å². The molecule has 0 aliphatic rings. The van der Waals surface area contributed by atoms with E-state index in [1.807, 2.05) is 0 Å². The van der Waals surface area contributed by atoms with E-state index in [9.17, 15) is 0 Å². The summed E-state index contributed by atoms with van der Waals surface area (Å²) in [6.07, 6.45) is 0. The van der Waals surface area contributed by atoms with Crippen LogP contribution in [0.15, 0.2) is 0 Å². The minimum absolute atomic E-state index is 1.16. The average molecular weight is 282 g/mol. The van der Waals surface area contributed by atoms with Crippen LogP contribution in [0.2, 0.25) is 9.45 Å². The van der Waals surface area contributed by atoms with Crippen molar-refractivity contribution in [3.63, 3.8) is 0 Å². The van der Waals surface area contributed by atoms with Crippen molar-refractivity contribution in [2.75, 3.05) is 56.4 Å². The predicted octanol–water partition coefficient (Wildman–Crippen LogP) is 1.99. The fraction of sp³-hybridized carbons (Fsp3) is 1.00. The summed E-state index contributed by atoms with van der Waals surface area (Å²) in [6, 6.07) is 0. The van der Waals surface area contributed by atoms with Gasteiger partial charge in [-0.3, -0.25) is 0 Å². The van der Waals surface area contributed by atoms with Crippen molar-refractivity contribution in [1.29, 1.82) is 0 Å². The van der Waals surface area contributed by atoms with Gasteiger partial charge in [0, 0.05) is 0 Å². The van der Waals surface area contributed by atoms with Crippen LogP contribution in [-0.2, 0) is 15.0 Å². The third-order valence-corrected chi connectivity index (χ3v) is 27.6. The quantitative estimate of drug-likeness (QED) is 0.691. The van der Waals surface area contributed by atoms with Gasteiger partial charge in [-0.25, -0.2) is 0 Å². The van der Waals surface area contributed by atoms with Crippen molar-refractivity contribution in [3.05, 3.63) is 0 Å². The molecule has 0 fully saturated rings. The van der Waals surface area contributed by atoms with E-state index in [2.05, 4.69) is 83.8 Å². The van der Waals surface area contributed by atoms with Gasteiger partial charge < -0.3 is 0 Å². The molecule has 0 amide bonds. The Morgan fingerprint density at radius 3 is 0.706 bits per heavy atom. The molecule has 0 aromatic carbocycles. The molecule has 0 aliphatic heterocycles. The Hall–Kier alpha value is 0.554. The van der Waals surface area contributed by atoms with Gasteiger partial charge in [-0.15, -0.1) is 0 Å². The third-order valence-electron chi connectivity index (χ3n) is 6.69. The van der Waals surface area contributed by atoms with Crippen LogP contribution in [0.1, 0.15) is 13.8 Å². The summed E-state index contributed by atoms with van der Waals surface area (Å²) in [5.74, 6) is 0. The summed E-state index contributed by atoms with van der Waals surface area (Å²) in [5, 5.41) is 0. The normalized spacial score (nSPS) is 18.0. The number of hydrogen-bond acceptors (Lipinski definition) is 4. The van der Waals surface area contributed by atoms with E-state index < -0.39 is 15.0 Å². The standard InChI is InChI=1S/4C2H6N.2C2H5.Ti/c4*1-3-2;2*1-2;/h4*1-2H3;2*1H2,2H3;/q4*-1;;;+4. The molecular formula is C12H34N4Ti. The summed E-state index contributed by atoms with van der Waals surface area (Å²) in [6.45, 7) is 4.68. The van der Waals surface area contributed by atoms with Gasteiger partial charge in [0.2, 0.25) is 0 Å². The maximum absolute atomic E-state index is 3.77. The van der Waals surface area contributed by atoms with Gasteiger partial charge in [-0.2, -0.15) is 0 Å². The van der Waals surface area contributed by atoms with Gasteiger partial charge >= 0.3 is 108 Å². The molecule has 0 bridgehead atoms. The van der Waals surface area contributed by atoms with Crippen molar-refractivity contribution in [2.24, 2.45) is 0 Å². The summed E-state index contributed by atoms with van der Waals surface area (Å²) in [5.41, 5.74) is 0. The molecule has 106 valence electrons. The van der Waals surface area contributed by atoms with Crippen LogP contribution in [0.25, 0.3) is 0 Å². The summed E-state index contributed by atoms with van der Waals surface area (Å²) in [7, 11) is 18.0. The van der Waals surface area contributed by atoms with Crippen molar-refractivity contribution in [1.82, 2.24) is 13.5 Å². The zero-order valence-corrected chi connectivity index (χ0v) is 15.3. The Balaban J connectivity index is 6.68. The van der Waals surface area contributed by atoms with Crippen molar-refractivity contribution in [2.45, 2.75) is 23.3 Å². The molecule has 0 heterocycles. The zero-order valence-electron chi connectivity index (χ0n) is 13.7. The molecule has 0 unspecified atom stereocenters. The zero-order chi connectivity index (χ0) is 14.1. The van der Waals surface area contributed by atoms with E-state index in [-0.39, 0.29) is 0 Å². The summed E-state index contributed by atoms with van der Waals surface area (Å²) < 4.78 is 12.4. The van der Waals surface area contributed by atoms with Crippen LogP contribution in [0.5, 0.6) is 0 Å². The van der Waals surface area contributed by atoms with Crippen molar-refractivity contribution < 1.29 is 15.0 Å². The van der Waals surface area contributed by atoms with Gasteiger partial charge in [0.25, 0.3) is 0 Å². The Labute approximate surface area is 108 Å². The van der Waals surface area contributed by atoms with E-state index in [0.717, 1.165) is 9.45 Å². The second-order valence-electron chi connectivity index (χ2n) is 6.40. The summed E-state index contributed by atoms with van der Waals surface area (Å²) >= 11 is -3.77. The first kappa shape index (κ1) is 17.6. The molecule has 0 aromatic rings. The van der Waals surface area contributed by atoms with Crippen LogP contribution in [-0.4, -0.2) is 69.9 Å².